The molecule has 1 aromatic carbocycles. The molecule has 0 aliphatic rings. The summed E-state index contributed by atoms with van der Waals surface area (Å²) in [7, 11) is 0. The summed E-state index contributed by atoms with van der Waals surface area (Å²) >= 11 is 3.28. The fourth-order valence-corrected chi connectivity index (χ4v) is 1.89. The predicted octanol–water partition coefficient (Wildman–Crippen LogP) is 1.21. The van der Waals surface area contributed by atoms with Gasteiger partial charge in [-0.25, -0.2) is 0 Å². The number of hydrogen-bond acceptors (Lipinski definition) is 3. The van der Waals surface area contributed by atoms with Gasteiger partial charge in [-0.2, -0.15) is 0 Å². The Morgan fingerprint density at radius 1 is 1.14 bits per heavy atom. The Bertz CT molecular complexity index is 531. The molecule has 6 nitrogen and oxygen atoms in total. The molecular weight excluding hydrogens is 350 g/mol. The lowest BCUT2D eigenvalue weighted by Crippen LogP contribution is -2.48. The summed E-state index contributed by atoms with van der Waals surface area (Å²) in [5.41, 5.74) is 0.463. The Hall–Kier alpha value is -1.89. The summed E-state index contributed by atoms with van der Waals surface area (Å²) < 4.78 is 0.869. The summed E-state index contributed by atoms with van der Waals surface area (Å²) in [5.74, 6) is -0.996. The molecule has 0 spiro atoms. The molecule has 0 aromatic heterocycles. The number of benzene rings is 1. The fourth-order valence-electron chi connectivity index (χ4n) is 1.62. The van der Waals surface area contributed by atoms with Crippen molar-refractivity contribution in [2.75, 3.05) is 13.1 Å². The molecule has 0 heterocycles. The van der Waals surface area contributed by atoms with Crippen molar-refractivity contribution in [2.24, 2.45) is 0 Å². The third-order valence-electron chi connectivity index (χ3n) is 2.84. The Morgan fingerprint density at radius 2 is 1.77 bits per heavy atom. The predicted molar refractivity (Wildman–Crippen MR) is 87.4 cm³/mol. The standard InChI is InChI=1S/C15H20BrN3O3/c1-3-8-17-14(21)10(2)19-13(20)9-18-15(22)11-4-6-12(16)7-5-11/h4-7,10H,3,8-9H2,1-2H3,(H,17,21)(H,18,22)(H,19,20)/t10-/m0/s1. The smallest absolute Gasteiger partial charge is 0.251 e. The second-order valence-corrected chi connectivity index (χ2v) is 5.69. The van der Waals surface area contributed by atoms with Gasteiger partial charge in [0.05, 0.1) is 6.54 Å². The van der Waals surface area contributed by atoms with Gasteiger partial charge in [0, 0.05) is 16.6 Å². The van der Waals surface area contributed by atoms with E-state index in [2.05, 4.69) is 31.9 Å². The molecule has 0 saturated carbocycles. The normalized spacial score (nSPS) is 11.4. The highest BCUT2D eigenvalue weighted by molar-refractivity contribution is 9.10. The average Bonchev–Trinajstić information content (AvgIpc) is 2.50. The van der Waals surface area contributed by atoms with Crippen LogP contribution in [0.5, 0.6) is 0 Å². The van der Waals surface area contributed by atoms with Gasteiger partial charge >= 0.3 is 0 Å². The molecule has 0 radical (unpaired) electrons. The minimum atomic E-state index is -0.636. The van der Waals surface area contributed by atoms with Crippen LogP contribution in [0.4, 0.5) is 0 Å². The first-order valence-electron chi connectivity index (χ1n) is 7.05. The van der Waals surface area contributed by atoms with Crippen molar-refractivity contribution < 1.29 is 14.4 Å². The average molecular weight is 370 g/mol. The fraction of sp³-hybridized carbons (Fsp3) is 0.400. The maximum absolute atomic E-state index is 11.8. The zero-order chi connectivity index (χ0) is 16.5. The zero-order valence-corrected chi connectivity index (χ0v) is 14.2. The monoisotopic (exact) mass is 369 g/mol. The minimum absolute atomic E-state index is 0.180. The van der Waals surface area contributed by atoms with E-state index in [1.165, 1.54) is 0 Å². The molecule has 0 fully saturated rings. The van der Waals surface area contributed by atoms with Gasteiger partial charge in [0.25, 0.3) is 5.91 Å². The van der Waals surface area contributed by atoms with Crippen LogP contribution in [-0.4, -0.2) is 36.9 Å². The van der Waals surface area contributed by atoms with E-state index in [4.69, 9.17) is 0 Å². The molecule has 22 heavy (non-hydrogen) atoms. The molecule has 1 rings (SSSR count). The minimum Gasteiger partial charge on any atom is -0.354 e. The van der Waals surface area contributed by atoms with Crippen LogP contribution in [-0.2, 0) is 9.59 Å². The molecule has 0 saturated heterocycles. The van der Waals surface area contributed by atoms with Crippen LogP contribution in [0.25, 0.3) is 0 Å². The summed E-state index contributed by atoms with van der Waals surface area (Å²) in [5, 5.41) is 7.73. The van der Waals surface area contributed by atoms with Crippen molar-refractivity contribution in [3.8, 4) is 0 Å². The number of carbonyl (C=O) groups is 3. The lowest BCUT2D eigenvalue weighted by Gasteiger charge is -2.14. The first-order valence-corrected chi connectivity index (χ1v) is 7.84. The summed E-state index contributed by atoms with van der Waals surface area (Å²) in [6.45, 7) is 3.93. The Morgan fingerprint density at radius 3 is 2.36 bits per heavy atom. The topological polar surface area (TPSA) is 87.3 Å². The highest BCUT2D eigenvalue weighted by Gasteiger charge is 2.15. The Kier molecular flexibility index (Phi) is 7.59. The SMILES string of the molecule is CCCNC(=O)[C@H](C)NC(=O)CNC(=O)c1ccc(Br)cc1. The van der Waals surface area contributed by atoms with Crippen molar-refractivity contribution in [3.05, 3.63) is 34.3 Å². The van der Waals surface area contributed by atoms with Gasteiger partial charge in [-0.1, -0.05) is 22.9 Å². The van der Waals surface area contributed by atoms with Gasteiger partial charge in [0.1, 0.15) is 6.04 Å². The van der Waals surface area contributed by atoms with Gasteiger partial charge in [0.15, 0.2) is 0 Å². The molecule has 0 aliphatic carbocycles. The van der Waals surface area contributed by atoms with E-state index in [0.29, 0.717) is 12.1 Å². The third-order valence-corrected chi connectivity index (χ3v) is 3.36. The van der Waals surface area contributed by atoms with Crippen LogP contribution < -0.4 is 16.0 Å². The van der Waals surface area contributed by atoms with E-state index in [0.717, 1.165) is 10.9 Å². The molecule has 3 amide bonds. The second-order valence-electron chi connectivity index (χ2n) is 4.77. The van der Waals surface area contributed by atoms with Crippen LogP contribution >= 0.6 is 15.9 Å². The Labute approximate surface area is 138 Å². The molecule has 1 atom stereocenters. The quantitative estimate of drug-likeness (QED) is 0.674. The van der Waals surface area contributed by atoms with Crippen molar-refractivity contribution >= 4 is 33.7 Å². The molecular formula is C15H20BrN3O3. The van der Waals surface area contributed by atoms with E-state index in [-0.39, 0.29) is 18.4 Å². The molecule has 3 N–H and O–H groups in total. The summed E-state index contributed by atoms with van der Waals surface area (Å²) in [6.07, 6.45) is 0.829. The van der Waals surface area contributed by atoms with Crippen LogP contribution in [0.3, 0.4) is 0 Å². The molecule has 0 bridgehead atoms. The van der Waals surface area contributed by atoms with Gasteiger partial charge < -0.3 is 16.0 Å². The van der Waals surface area contributed by atoms with Crippen molar-refractivity contribution in [2.45, 2.75) is 26.3 Å². The molecule has 1 aromatic rings. The number of carbonyl (C=O) groups excluding carboxylic acids is 3. The van der Waals surface area contributed by atoms with Crippen LogP contribution in [0.1, 0.15) is 30.6 Å². The van der Waals surface area contributed by atoms with Crippen LogP contribution in [0.2, 0.25) is 0 Å². The highest BCUT2D eigenvalue weighted by Crippen LogP contribution is 2.10. The lowest BCUT2D eigenvalue weighted by molar-refractivity contribution is -0.128. The molecule has 7 heteroatoms. The van der Waals surface area contributed by atoms with E-state index in [9.17, 15) is 14.4 Å². The second kappa shape index (κ2) is 9.19. The summed E-state index contributed by atoms with van der Waals surface area (Å²) in [4.78, 5) is 35.2. The summed E-state index contributed by atoms with van der Waals surface area (Å²) in [6, 6.07) is 6.16. The first kappa shape index (κ1) is 18.2. The molecule has 120 valence electrons. The Balaban J connectivity index is 2.37. The number of halogens is 1. The van der Waals surface area contributed by atoms with Crippen molar-refractivity contribution in [1.82, 2.24) is 16.0 Å². The number of hydrogen-bond donors (Lipinski definition) is 3. The van der Waals surface area contributed by atoms with E-state index < -0.39 is 11.9 Å². The van der Waals surface area contributed by atoms with Crippen molar-refractivity contribution in [1.29, 1.82) is 0 Å². The molecule has 0 aliphatic heterocycles. The zero-order valence-electron chi connectivity index (χ0n) is 12.6. The van der Waals surface area contributed by atoms with Gasteiger partial charge in [-0.15, -0.1) is 0 Å². The highest BCUT2D eigenvalue weighted by atomic mass is 79.9. The number of amides is 3. The van der Waals surface area contributed by atoms with Gasteiger partial charge in [0.2, 0.25) is 11.8 Å². The number of nitrogens with one attached hydrogen (secondary N) is 3. The third kappa shape index (κ3) is 6.26. The van der Waals surface area contributed by atoms with Crippen molar-refractivity contribution in [3.63, 3.8) is 0 Å². The van der Waals surface area contributed by atoms with E-state index >= 15 is 0 Å². The molecule has 0 unspecified atom stereocenters. The van der Waals surface area contributed by atoms with E-state index in [1.54, 1.807) is 31.2 Å². The van der Waals surface area contributed by atoms with Gasteiger partial charge in [-0.3, -0.25) is 14.4 Å². The van der Waals surface area contributed by atoms with Crippen LogP contribution in [0.15, 0.2) is 28.7 Å². The van der Waals surface area contributed by atoms with E-state index in [1.807, 2.05) is 6.92 Å². The maximum atomic E-state index is 11.8. The number of rotatable bonds is 7. The largest absolute Gasteiger partial charge is 0.354 e. The van der Waals surface area contributed by atoms with Crippen LogP contribution in [0, 0.1) is 0 Å². The maximum Gasteiger partial charge on any atom is 0.251 e. The van der Waals surface area contributed by atoms with Gasteiger partial charge in [-0.05, 0) is 37.6 Å². The lowest BCUT2D eigenvalue weighted by atomic mass is 10.2. The first-order chi connectivity index (χ1) is 10.4.